The van der Waals surface area contributed by atoms with Gasteiger partial charge in [-0.2, -0.15) is 11.8 Å². The van der Waals surface area contributed by atoms with Crippen LogP contribution in [-0.4, -0.2) is 34.5 Å². The Morgan fingerprint density at radius 1 is 1.47 bits per heavy atom. The number of rotatable bonds is 3. The molecule has 1 saturated heterocycles. The lowest BCUT2D eigenvalue weighted by Gasteiger charge is -2.40. The first-order valence-electron chi connectivity index (χ1n) is 6.06. The van der Waals surface area contributed by atoms with Gasteiger partial charge in [0, 0.05) is 11.8 Å². The molecule has 6 heteroatoms. The van der Waals surface area contributed by atoms with E-state index in [1.807, 2.05) is 11.8 Å². The quantitative estimate of drug-likeness (QED) is 0.303. The lowest BCUT2D eigenvalue weighted by atomic mass is 9.67. The zero-order valence-corrected chi connectivity index (χ0v) is 10.6. The molecule has 1 aliphatic heterocycles. The third-order valence-corrected chi connectivity index (χ3v) is 4.95. The lowest BCUT2D eigenvalue weighted by molar-refractivity contribution is -0.131. The first-order valence-corrected chi connectivity index (χ1v) is 7.21. The molecule has 17 heavy (non-hydrogen) atoms. The van der Waals surface area contributed by atoms with Crippen molar-refractivity contribution in [3.8, 4) is 0 Å². The maximum atomic E-state index is 12.2. The van der Waals surface area contributed by atoms with Crippen molar-refractivity contribution in [2.24, 2.45) is 16.3 Å². The van der Waals surface area contributed by atoms with Gasteiger partial charge in [0.15, 0.2) is 5.84 Å². The fraction of sp³-hybridized carbons (Fsp3) is 0.818. The van der Waals surface area contributed by atoms with Crippen LogP contribution >= 0.6 is 11.8 Å². The molecule has 1 amide bonds. The van der Waals surface area contributed by atoms with Crippen LogP contribution in [-0.2, 0) is 4.79 Å². The number of thioether (sulfide) groups is 1. The summed E-state index contributed by atoms with van der Waals surface area (Å²) in [6.45, 7) is 0. The number of nitrogens with one attached hydrogen (secondary N) is 1. The summed E-state index contributed by atoms with van der Waals surface area (Å²) in [6.07, 6.45) is 4.52. The van der Waals surface area contributed by atoms with Crippen LogP contribution in [0.15, 0.2) is 5.16 Å². The molecule has 5 nitrogen and oxygen atoms in total. The molecule has 1 aliphatic carbocycles. The van der Waals surface area contributed by atoms with Crippen molar-refractivity contribution < 1.29 is 10.0 Å². The van der Waals surface area contributed by atoms with E-state index < -0.39 is 5.41 Å². The number of oxime groups is 1. The summed E-state index contributed by atoms with van der Waals surface area (Å²) in [5.41, 5.74) is 4.91. The molecule has 0 aromatic heterocycles. The maximum Gasteiger partial charge on any atom is 0.234 e. The van der Waals surface area contributed by atoms with Crippen LogP contribution < -0.4 is 11.1 Å². The smallest absolute Gasteiger partial charge is 0.234 e. The van der Waals surface area contributed by atoms with Crippen molar-refractivity contribution in [1.29, 1.82) is 0 Å². The molecule has 1 saturated carbocycles. The molecular weight excluding hydrogens is 238 g/mol. The number of hydrogen-bond donors (Lipinski definition) is 3. The third kappa shape index (κ3) is 2.36. The molecule has 2 fully saturated rings. The van der Waals surface area contributed by atoms with E-state index in [-0.39, 0.29) is 17.8 Å². The molecule has 0 aromatic carbocycles. The van der Waals surface area contributed by atoms with Crippen LogP contribution in [0.4, 0.5) is 0 Å². The Morgan fingerprint density at radius 2 is 2.24 bits per heavy atom. The zero-order chi connectivity index (χ0) is 12.3. The van der Waals surface area contributed by atoms with Gasteiger partial charge < -0.3 is 16.3 Å². The van der Waals surface area contributed by atoms with Gasteiger partial charge in [-0.1, -0.05) is 11.6 Å². The molecule has 0 aromatic rings. The molecule has 1 heterocycles. The second-order valence-corrected chi connectivity index (χ2v) is 5.96. The van der Waals surface area contributed by atoms with Gasteiger partial charge in [0.25, 0.3) is 0 Å². The monoisotopic (exact) mass is 257 g/mol. The van der Waals surface area contributed by atoms with E-state index >= 15 is 0 Å². The third-order valence-electron chi connectivity index (χ3n) is 3.74. The highest BCUT2D eigenvalue weighted by atomic mass is 32.2. The summed E-state index contributed by atoms with van der Waals surface area (Å²) in [7, 11) is 0. The number of amidine groups is 1. The van der Waals surface area contributed by atoms with Crippen molar-refractivity contribution in [3.63, 3.8) is 0 Å². The second-order valence-electron chi connectivity index (χ2n) is 4.81. The van der Waals surface area contributed by atoms with Crippen molar-refractivity contribution in [2.45, 2.75) is 38.1 Å². The summed E-state index contributed by atoms with van der Waals surface area (Å²) < 4.78 is 0. The standard InChI is InChI=1S/C11H19N3O2S/c12-9(14-16)11(4-2-5-11)10(15)13-8-3-1-6-17-7-8/h8,16H,1-7H2,(H2,12,14)(H,13,15). The Balaban J connectivity index is 1.98. The van der Waals surface area contributed by atoms with E-state index in [2.05, 4.69) is 10.5 Å². The highest BCUT2D eigenvalue weighted by Crippen LogP contribution is 2.41. The number of nitrogens with zero attached hydrogens (tertiary/aromatic N) is 1. The van der Waals surface area contributed by atoms with Crippen molar-refractivity contribution in [2.75, 3.05) is 11.5 Å². The minimum atomic E-state index is -0.739. The van der Waals surface area contributed by atoms with E-state index in [4.69, 9.17) is 10.9 Å². The van der Waals surface area contributed by atoms with E-state index in [1.165, 1.54) is 5.75 Å². The topological polar surface area (TPSA) is 87.7 Å². The average Bonchev–Trinajstić information content (AvgIpc) is 2.28. The highest BCUT2D eigenvalue weighted by Gasteiger charge is 2.48. The molecule has 1 atom stereocenters. The molecule has 4 N–H and O–H groups in total. The minimum absolute atomic E-state index is 0.0599. The van der Waals surface area contributed by atoms with E-state index in [0.717, 1.165) is 25.0 Å². The lowest BCUT2D eigenvalue weighted by Crippen LogP contribution is -2.56. The normalized spacial score (nSPS) is 28.2. The fourth-order valence-electron chi connectivity index (χ4n) is 2.40. The molecule has 2 aliphatic rings. The number of hydrogen-bond acceptors (Lipinski definition) is 4. The molecule has 1 unspecified atom stereocenters. The molecule has 0 bridgehead atoms. The van der Waals surface area contributed by atoms with Crippen molar-refractivity contribution >= 4 is 23.5 Å². The van der Waals surface area contributed by atoms with Gasteiger partial charge in [0.2, 0.25) is 5.91 Å². The number of carbonyl (C=O) groups excluding carboxylic acids is 1. The van der Waals surface area contributed by atoms with Crippen LogP contribution in [0.25, 0.3) is 0 Å². The minimum Gasteiger partial charge on any atom is -0.409 e. The van der Waals surface area contributed by atoms with Gasteiger partial charge in [0.05, 0.1) is 0 Å². The maximum absolute atomic E-state index is 12.2. The predicted molar refractivity (Wildman–Crippen MR) is 68.2 cm³/mol. The Hall–Kier alpha value is -0.910. The predicted octanol–water partition coefficient (Wildman–Crippen LogP) is 0.915. The number of nitrogens with two attached hydrogens (primary N) is 1. The van der Waals surface area contributed by atoms with E-state index in [0.29, 0.717) is 12.8 Å². The Bertz CT molecular complexity index is 323. The second kappa shape index (κ2) is 5.16. The van der Waals surface area contributed by atoms with E-state index in [9.17, 15) is 4.79 Å². The SMILES string of the molecule is NC(=NO)C1(C(=O)NC2CCCSC2)CCC1. The van der Waals surface area contributed by atoms with Gasteiger partial charge in [-0.05, 0) is 31.4 Å². The summed E-state index contributed by atoms with van der Waals surface area (Å²) in [6, 6.07) is 0.241. The number of carbonyl (C=O) groups is 1. The van der Waals surface area contributed by atoms with Gasteiger partial charge in [-0.3, -0.25) is 4.79 Å². The first-order chi connectivity index (χ1) is 8.19. The van der Waals surface area contributed by atoms with Gasteiger partial charge in [-0.25, -0.2) is 0 Å². The molecule has 2 rings (SSSR count). The summed E-state index contributed by atoms with van der Waals surface area (Å²) >= 11 is 1.87. The largest absolute Gasteiger partial charge is 0.409 e. The summed E-state index contributed by atoms with van der Waals surface area (Å²) in [5, 5.41) is 14.8. The average molecular weight is 257 g/mol. The van der Waals surface area contributed by atoms with Gasteiger partial charge in [-0.15, -0.1) is 0 Å². The molecule has 0 spiro atoms. The summed E-state index contributed by atoms with van der Waals surface area (Å²) in [5.74, 6) is 2.15. The Morgan fingerprint density at radius 3 is 2.71 bits per heavy atom. The van der Waals surface area contributed by atoms with Crippen LogP contribution in [0.3, 0.4) is 0 Å². The number of amides is 1. The van der Waals surface area contributed by atoms with Crippen molar-refractivity contribution in [1.82, 2.24) is 5.32 Å². The van der Waals surface area contributed by atoms with Crippen LogP contribution in [0.2, 0.25) is 0 Å². The first kappa shape index (κ1) is 12.5. The van der Waals surface area contributed by atoms with Gasteiger partial charge in [0.1, 0.15) is 5.41 Å². The van der Waals surface area contributed by atoms with Crippen molar-refractivity contribution in [3.05, 3.63) is 0 Å². The molecule has 0 radical (unpaired) electrons. The van der Waals surface area contributed by atoms with E-state index in [1.54, 1.807) is 0 Å². The summed E-state index contributed by atoms with van der Waals surface area (Å²) in [4.78, 5) is 12.2. The fourth-order valence-corrected chi connectivity index (χ4v) is 3.48. The van der Waals surface area contributed by atoms with Crippen LogP contribution in [0, 0.1) is 5.41 Å². The zero-order valence-electron chi connectivity index (χ0n) is 9.82. The van der Waals surface area contributed by atoms with Gasteiger partial charge >= 0.3 is 0 Å². The highest BCUT2D eigenvalue weighted by molar-refractivity contribution is 7.99. The Kier molecular flexibility index (Phi) is 3.81. The molecular formula is C11H19N3O2S. The van der Waals surface area contributed by atoms with Crippen LogP contribution in [0.5, 0.6) is 0 Å². The Labute approximate surface area is 105 Å². The van der Waals surface area contributed by atoms with Crippen LogP contribution in [0.1, 0.15) is 32.1 Å². The molecule has 96 valence electrons.